The molecule has 33 heavy (non-hydrogen) atoms. The van der Waals surface area contributed by atoms with Crippen molar-refractivity contribution < 1.29 is 27.5 Å². The van der Waals surface area contributed by atoms with E-state index in [0.29, 0.717) is 10.7 Å². The van der Waals surface area contributed by atoms with Crippen LogP contribution in [0, 0.1) is 5.92 Å². The highest BCUT2D eigenvalue weighted by Gasteiger charge is 2.39. The summed E-state index contributed by atoms with van der Waals surface area (Å²) < 4.78 is 31.9. The molecule has 0 bridgehead atoms. The maximum atomic E-state index is 13.0. The molecular weight excluding hydrogens is 490 g/mol. The summed E-state index contributed by atoms with van der Waals surface area (Å²) in [6.45, 7) is 0.961. The third-order valence-electron chi connectivity index (χ3n) is 5.76. The molecular formula is C21H22ClN3O6S2. The first-order valence-electron chi connectivity index (χ1n) is 10.2. The number of carbonyl (C=O) groups is 3. The summed E-state index contributed by atoms with van der Waals surface area (Å²) in [5, 5.41) is 1.89. The van der Waals surface area contributed by atoms with Crippen molar-refractivity contribution in [3.8, 4) is 0 Å². The van der Waals surface area contributed by atoms with Crippen LogP contribution in [-0.2, 0) is 24.3 Å². The van der Waals surface area contributed by atoms with Gasteiger partial charge in [-0.3, -0.25) is 9.59 Å². The zero-order chi connectivity index (χ0) is 23.8. The Morgan fingerprint density at radius 1 is 1.15 bits per heavy atom. The van der Waals surface area contributed by atoms with Crippen LogP contribution in [0.4, 0.5) is 5.69 Å². The van der Waals surface area contributed by atoms with Gasteiger partial charge in [-0.2, -0.15) is 4.31 Å². The number of rotatable bonds is 5. The molecule has 0 spiro atoms. The molecule has 0 aliphatic carbocycles. The van der Waals surface area contributed by atoms with Crippen molar-refractivity contribution in [2.45, 2.75) is 10.6 Å². The Morgan fingerprint density at radius 3 is 2.52 bits per heavy atom. The Bertz CT molecular complexity index is 1190. The first kappa shape index (κ1) is 23.7. The largest absolute Gasteiger partial charge is 0.465 e. The smallest absolute Gasteiger partial charge is 0.338 e. The fourth-order valence-electron chi connectivity index (χ4n) is 3.99. The molecule has 1 aromatic heterocycles. The number of carbonyl (C=O) groups excluding carboxylic acids is 3. The maximum absolute atomic E-state index is 13.0. The molecule has 4 rings (SSSR count). The van der Waals surface area contributed by atoms with E-state index in [9.17, 15) is 22.8 Å². The summed E-state index contributed by atoms with van der Waals surface area (Å²) in [6.07, 6.45) is 0.0913. The van der Waals surface area contributed by atoms with Crippen LogP contribution in [0.25, 0.3) is 0 Å². The Kier molecular flexibility index (Phi) is 6.76. The number of benzene rings is 1. The number of sulfonamides is 1. The minimum absolute atomic E-state index is 0.0550. The van der Waals surface area contributed by atoms with Gasteiger partial charge in [0.1, 0.15) is 4.21 Å². The summed E-state index contributed by atoms with van der Waals surface area (Å²) in [4.78, 5) is 40.3. The standard InChI is InChI=1S/C21H22ClN3O6S2/c1-31-21(28)15-11-19(32-13-15)33(29,30)24-8-6-23(7-9-24)20(27)14-10-18(26)25(12-14)17-5-3-2-4-16(17)22/h2-5,11,13-14H,6-10,12H2,1H3/t14-/m1/s1. The van der Waals surface area contributed by atoms with Crippen LogP contribution in [0.5, 0.6) is 0 Å². The van der Waals surface area contributed by atoms with Crippen LogP contribution in [0.1, 0.15) is 16.8 Å². The number of piperazine rings is 1. The first-order chi connectivity index (χ1) is 15.7. The number of para-hydroxylation sites is 1. The Balaban J connectivity index is 1.38. The second-order valence-electron chi connectivity index (χ2n) is 7.73. The lowest BCUT2D eigenvalue weighted by molar-refractivity contribution is -0.136. The molecule has 1 aromatic carbocycles. The molecule has 3 heterocycles. The number of halogens is 1. The van der Waals surface area contributed by atoms with E-state index in [0.717, 1.165) is 11.3 Å². The zero-order valence-corrected chi connectivity index (χ0v) is 20.2. The Labute approximate surface area is 200 Å². The molecule has 0 unspecified atom stereocenters. The number of ether oxygens (including phenoxy) is 1. The molecule has 176 valence electrons. The summed E-state index contributed by atoms with van der Waals surface area (Å²) >= 11 is 7.16. The predicted molar refractivity (Wildman–Crippen MR) is 123 cm³/mol. The van der Waals surface area contributed by atoms with Gasteiger partial charge in [-0.15, -0.1) is 11.3 Å². The van der Waals surface area contributed by atoms with Crippen molar-refractivity contribution in [3.05, 3.63) is 46.3 Å². The van der Waals surface area contributed by atoms with Gasteiger partial charge in [0.05, 0.1) is 29.3 Å². The second-order valence-corrected chi connectivity index (χ2v) is 11.2. The first-order valence-corrected chi connectivity index (χ1v) is 12.9. The van der Waals surface area contributed by atoms with Gasteiger partial charge in [-0.1, -0.05) is 23.7 Å². The fourth-order valence-corrected chi connectivity index (χ4v) is 6.95. The van der Waals surface area contributed by atoms with Crippen molar-refractivity contribution >= 4 is 56.4 Å². The molecule has 2 aliphatic rings. The van der Waals surface area contributed by atoms with Crippen molar-refractivity contribution in [2.75, 3.05) is 44.7 Å². The number of hydrogen-bond acceptors (Lipinski definition) is 7. The number of hydrogen-bond donors (Lipinski definition) is 0. The average Bonchev–Trinajstić information content (AvgIpc) is 3.46. The van der Waals surface area contributed by atoms with Gasteiger partial charge < -0.3 is 14.5 Å². The summed E-state index contributed by atoms with van der Waals surface area (Å²) in [5.41, 5.74) is 0.765. The number of anilines is 1. The Hall–Kier alpha value is -2.47. The average molecular weight is 512 g/mol. The molecule has 0 saturated carbocycles. The summed E-state index contributed by atoms with van der Waals surface area (Å²) in [6, 6.07) is 8.30. The molecule has 2 aromatic rings. The van der Waals surface area contributed by atoms with E-state index in [1.54, 1.807) is 29.2 Å². The van der Waals surface area contributed by atoms with E-state index < -0.39 is 21.9 Å². The minimum Gasteiger partial charge on any atom is -0.465 e. The van der Waals surface area contributed by atoms with E-state index in [4.69, 9.17) is 11.6 Å². The van der Waals surface area contributed by atoms with Gasteiger partial charge in [0.2, 0.25) is 11.8 Å². The van der Waals surface area contributed by atoms with Gasteiger partial charge >= 0.3 is 5.97 Å². The van der Waals surface area contributed by atoms with Gasteiger partial charge in [-0.05, 0) is 18.2 Å². The number of esters is 1. The topological polar surface area (TPSA) is 104 Å². The number of methoxy groups -OCH3 is 1. The van der Waals surface area contributed by atoms with Crippen molar-refractivity contribution in [3.63, 3.8) is 0 Å². The molecule has 0 N–H and O–H groups in total. The molecule has 2 saturated heterocycles. The van der Waals surface area contributed by atoms with Gasteiger partial charge in [-0.25, -0.2) is 13.2 Å². The maximum Gasteiger partial charge on any atom is 0.338 e. The van der Waals surface area contributed by atoms with E-state index >= 15 is 0 Å². The van der Waals surface area contributed by atoms with Crippen LogP contribution < -0.4 is 4.90 Å². The van der Waals surface area contributed by atoms with E-state index in [-0.39, 0.29) is 60.7 Å². The third kappa shape index (κ3) is 4.63. The normalized spacial score (nSPS) is 19.7. The van der Waals surface area contributed by atoms with E-state index in [1.807, 2.05) is 0 Å². The minimum atomic E-state index is -3.78. The number of amides is 2. The van der Waals surface area contributed by atoms with Gasteiger partial charge in [0, 0.05) is 44.5 Å². The summed E-state index contributed by atoms with van der Waals surface area (Å²) in [5.74, 6) is -1.43. The highest BCUT2D eigenvalue weighted by molar-refractivity contribution is 7.91. The van der Waals surface area contributed by atoms with Crippen LogP contribution in [0.3, 0.4) is 0 Å². The molecule has 2 fully saturated rings. The summed E-state index contributed by atoms with van der Waals surface area (Å²) in [7, 11) is -2.55. The van der Waals surface area contributed by atoms with E-state index in [1.165, 1.54) is 27.8 Å². The van der Waals surface area contributed by atoms with Crippen molar-refractivity contribution in [1.82, 2.24) is 9.21 Å². The van der Waals surface area contributed by atoms with Crippen LogP contribution in [-0.4, -0.2) is 75.2 Å². The molecule has 0 radical (unpaired) electrons. The van der Waals surface area contributed by atoms with Crippen LogP contribution in [0.2, 0.25) is 5.02 Å². The van der Waals surface area contributed by atoms with Crippen molar-refractivity contribution in [1.29, 1.82) is 0 Å². The van der Waals surface area contributed by atoms with E-state index in [2.05, 4.69) is 4.74 Å². The molecule has 9 nitrogen and oxygen atoms in total. The molecule has 12 heteroatoms. The monoisotopic (exact) mass is 511 g/mol. The predicted octanol–water partition coefficient (Wildman–Crippen LogP) is 2.07. The highest BCUT2D eigenvalue weighted by Crippen LogP contribution is 2.32. The lowest BCUT2D eigenvalue weighted by atomic mass is 10.1. The highest BCUT2D eigenvalue weighted by atomic mass is 35.5. The SMILES string of the molecule is COC(=O)c1csc(S(=O)(=O)N2CCN(C(=O)[C@@H]3CC(=O)N(c4ccccc4Cl)C3)CC2)c1. The van der Waals surface area contributed by atoms with Crippen LogP contribution >= 0.6 is 22.9 Å². The van der Waals surface area contributed by atoms with Gasteiger partial charge in [0.25, 0.3) is 10.0 Å². The second kappa shape index (κ2) is 9.41. The van der Waals surface area contributed by atoms with Crippen LogP contribution in [0.15, 0.2) is 39.9 Å². The molecule has 2 amide bonds. The Morgan fingerprint density at radius 2 is 1.85 bits per heavy atom. The molecule has 2 aliphatic heterocycles. The quantitative estimate of drug-likeness (QED) is 0.569. The van der Waals surface area contributed by atoms with Crippen molar-refractivity contribution in [2.24, 2.45) is 5.92 Å². The zero-order valence-electron chi connectivity index (χ0n) is 17.8. The molecule has 1 atom stereocenters. The van der Waals surface area contributed by atoms with Gasteiger partial charge in [0.15, 0.2) is 0 Å². The lowest BCUT2D eigenvalue weighted by Crippen LogP contribution is -2.52. The number of nitrogens with zero attached hydrogens (tertiary/aromatic N) is 3. The lowest BCUT2D eigenvalue weighted by Gasteiger charge is -2.35. The third-order valence-corrected chi connectivity index (χ3v) is 9.39. The number of thiophene rings is 1. The fraction of sp³-hybridized carbons (Fsp3) is 0.381.